The molecule has 2 rings (SSSR count). The standard InChI is InChI=1S/C16H20N2O/c1-4-13-11(3)18-16(19)15(17)14(13)9-12-7-5-10(2)6-8-12/h5-8H,4,9,17H2,1-3H3,(H,18,19). The summed E-state index contributed by atoms with van der Waals surface area (Å²) in [6.45, 7) is 6.07. The van der Waals surface area contributed by atoms with Gasteiger partial charge >= 0.3 is 0 Å². The lowest BCUT2D eigenvalue weighted by atomic mass is 9.96. The molecule has 19 heavy (non-hydrogen) atoms. The normalized spacial score (nSPS) is 10.7. The summed E-state index contributed by atoms with van der Waals surface area (Å²) in [5.74, 6) is 0. The van der Waals surface area contributed by atoms with Crippen LogP contribution >= 0.6 is 0 Å². The second-order valence-corrected chi connectivity index (χ2v) is 4.97. The van der Waals surface area contributed by atoms with E-state index in [-0.39, 0.29) is 5.56 Å². The van der Waals surface area contributed by atoms with Crippen molar-refractivity contribution < 1.29 is 0 Å². The lowest BCUT2D eigenvalue weighted by molar-refractivity contribution is 0.980. The molecule has 2 aromatic rings. The van der Waals surface area contributed by atoms with Gasteiger partial charge in [-0.3, -0.25) is 4.79 Å². The maximum absolute atomic E-state index is 11.8. The highest BCUT2D eigenvalue weighted by atomic mass is 16.1. The van der Waals surface area contributed by atoms with Crippen LogP contribution in [-0.4, -0.2) is 4.98 Å². The third-order valence-electron chi connectivity index (χ3n) is 3.54. The highest BCUT2D eigenvalue weighted by molar-refractivity contribution is 5.52. The fraction of sp³-hybridized carbons (Fsp3) is 0.312. The van der Waals surface area contributed by atoms with E-state index in [1.54, 1.807) is 0 Å². The minimum atomic E-state index is -0.184. The van der Waals surface area contributed by atoms with Gasteiger partial charge in [-0.2, -0.15) is 0 Å². The van der Waals surface area contributed by atoms with Crippen molar-refractivity contribution in [3.05, 3.63) is 62.6 Å². The first-order chi connectivity index (χ1) is 9.02. The molecule has 1 aromatic carbocycles. The van der Waals surface area contributed by atoms with Crippen molar-refractivity contribution in [3.63, 3.8) is 0 Å². The number of hydrogen-bond acceptors (Lipinski definition) is 2. The molecule has 0 spiro atoms. The topological polar surface area (TPSA) is 58.9 Å². The van der Waals surface area contributed by atoms with Gasteiger partial charge in [0.1, 0.15) is 5.69 Å². The fourth-order valence-electron chi connectivity index (χ4n) is 2.43. The zero-order chi connectivity index (χ0) is 14.0. The molecule has 1 heterocycles. The second-order valence-electron chi connectivity index (χ2n) is 4.97. The van der Waals surface area contributed by atoms with Crippen molar-refractivity contribution in [2.45, 2.75) is 33.6 Å². The van der Waals surface area contributed by atoms with Gasteiger partial charge in [0, 0.05) is 12.1 Å². The molecule has 0 saturated carbocycles. The summed E-state index contributed by atoms with van der Waals surface area (Å²) in [5, 5.41) is 0. The van der Waals surface area contributed by atoms with Crippen molar-refractivity contribution in [1.29, 1.82) is 0 Å². The number of nitrogen functional groups attached to an aromatic ring is 1. The largest absolute Gasteiger partial charge is 0.394 e. The van der Waals surface area contributed by atoms with Gasteiger partial charge in [-0.15, -0.1) is 0 Å². The number of nitrogens with two attached hydrogens (primary N) is 1. The number of aromatic nitrogens is 1. The number of H-pyrrole nitrogens is 1. The quantitative estimate of drug-likeness (QED) is 0.887. The second kappa shape index (κ2) is 5.31. The molecule has 0 aliphatic carbocycles. The average Bonchev–Trinajstić information content (AvgIpc) is 2.38. The van der Waals surface area contributed by atoms with Crippen LogP contribution in [0.5, 0.6) is 0 Å². The Balaban J connectivity index is 2.49. The van der Waals surface area contributed by atoms with Crippen LogP contribution in [0.25, 0.3) is 0 Å². The predicted molar refractivity (Wildman–Crippen MR) is 79.6 cm³/mol. The van der Waals surface area contributed by atoms with Crippen molar-refractivity contribution in [2.75, 3.05) is 5.73 Å². The zero-order valence-electron chi connectivity index (χ0n) is 11.7. The summed E-state index contributed by atoms with van der Waals surface area (Å²) in [6, 6.07) is 8.34. The van der Waals surface area contributed by atoms with Crippen LogP contribution in [0.15, 0.2) is 29.1 Å². The molecular formula is C16H20N2O. The van der Waals surface area contributed by atoms with Crippen molar-refractivity contribution in [1.82, 2.24) is 4.98 Å². The first-order valence-corrected chi connectivity index (χ1v) is 6.58. The Morgan fingerprint density at radius 1 is 1.11 bits per heavy atom. The smallest absolute Gasteiger partial charge is 0.271 e. The van der Waals surface area contributed by atoms with Gasteiger partial charge in [0.2, 0.25) is 0 Å². The molecule has 0 radical (unpaired) electrons. The summed E-state index contributed by atoms with van der Waals surface area (Å²) >= 11 is 0. The first-order valence-electron chi connectivity index (χ1n) is 6.58. The van der Waals surface area contributed by atoms with Gasteiger partial charge < -0.3 is 10.7 Å². The Bertz CT molecular complexity index is 639. The van der Waals surface area contributed by atoms with Crippen molar-refractivity contribution in [3.8, 4) is 0 Å². The van der Waals surface area contributed by atoms with E-state index in [2.05, 4.69) is 43.1 Å². The Hall–Kier alpha value is -2.03. The van der Waals surface area contributed by atoms with Gasteiger partial charge in [0.15, 0.2) is 0 Å². The number of hydrogen-bond donors (Lipinski definition) is 2. The minimum absolute atomic E-state index is 0.184. The molecule has 0 unspecified atom stereocenters. The van der Waals surface area contributed by atoms with Crippen molar-refractivity contribution >= 4 is 5.69 Å². The molecule has 0 amide bonds. The fourth-order valence-corrected chi connectivity index (χ4v) is 2.43. The molecule has 0 aliphatic heterocycles. The van der Waals surface area contributed by atoms with Crippen LogP contribution in [0.1, 0.15) is 34.9 Å². The highest BCUT2D eigenvalue weighted by Crippen LogP contribution is 2.20. The van der Waals surface area contributed by atoms with Gasteiger partial charge in [-0.25, -0.2) is 0 Å². The van der Waals surface area contributed by atoms with Crippen LogP contribution in [0, 0.1) is 13.8 Å². The molecule has 0 atom stereocenters. The lowest BCUT2D eigenvalue weighted by Crippen LogP contribution is -2.19. The summed E-state index contributed by atoms with van der Waals surface area (Å²) in [5.41, 5.74) is 11.6. The summed E-state index contributed by atoms with van der Waals surface area (Å²) in [6.07, 6.45) is 1.58. The van der Waals surface area contributed by atoms with E-state index in [0.29, 0.717) is 12.1 Å². The molecule has 3 heteroatoms. The third kappa shape index (κ3) is 2.70. The monoisotopic (exact) mass is 256 g/mol. The van der Waals surface area contributed by atoms with Crippen LogP contribution in [0.3, 0.4) is 0 Å². The van der Waals surface area contributed by atoms with Crippen LogP contribution in [0.4, 0.5) is 5.69 Å². The Kier molecular flexibility index (Phi) is 3.74. The molecule has 100 valence electrons. The maximum atomic E-state index is 11.8. The number of aromatic amines is 1. The number of anilines is 1. The van der Waals surface area contributed by atoms with Crippen molar-refractivity contribution in [2.24, 2.45) is 0 Å². The number of aryl methyl sites for hydroxylation is 2. The number of benzene rings is 1. The molecule has 0 saturated heterocycles. The number of nitrogens with one attached hydrogen (secondary N) is 1. The summed E-state index contributed by atoms with van der Waals surface area (Å²) < 4.78 is 0. The Morgan fingerprint density at radius 2 is 1.74 bits per heavy atom. The lowest BCUT2D eigenvalue weighted by Gasteiger charge is -2.13. The minimum Gasteiger partial charge on any atom is -0.394 e. The van der Waals surface area contributed by atoms with Gasteiger partial charge in [0.25, 0.3) is 5.56 Å². The number of pyridine rings is 1. The number of rotatable bonds is 3. The van der Waals surface area contributed by atoms with E-state index in [1.165, 1.54) is 11.1 Å². The molecule has 0 aliphatic rings. The highest BCUT2D eigenvalue weighted by Gasteiger charge is 2.12. The molecule has 3 N–H and O–H groups in total. The van der Waals surface area contributed by atoms with E-state index in [4.69, 9.17) is 5.73 Å². The molecule has 0 fully saturated rings. The van der Waals surface area contributed by atoms with E-state index in [1.807, 2.05) is 6.92 Å². The molecular weight excluding hydrogens is 236 g/mol. The van der Waals surface area contributed by atoms with E-state index >= 15 is 0 Å². The summed E-state index contributed by atoms with van der Waals surface area (Å²) in [7, 11) is 0. The van der Waals surface area contributed by atoms with E-state index in [0.717, 1.165) is 23.2 Å². The summed E-state index contributed by atoms with van der Waals surface area (Å²) in [4.78, 5) is 14.6. The first kappa shape index (κ1) is 13.4. The average molecular weight is 256 g/mol. The molecule has 3 nitrogen and oxygen atoms in total. The van der Waals surface area contributed by atoms with Gasteiger partial charge in [0.05, 0.1) is 0 Å². The SMILES string of the molecule is CCc1c(C)[nH]c(=O)c(N)c1Cc1ccc(C)cc1. The Labute approximate surface area is 113 Å². The molecule has 1 aromatic heterocycles. The van der Waals surface area contributed by atoms with Crippen LogP contribution in [-0.2, 0) is 12.8 Å². The predicted octanol–water partition coefficient (Wildman–Crippen LogP) is 2.73. The van der Waals surface area contributed by atoms with E-state index in [9.17, 15) is 4.79 Å². The Morgan fingerprint density at radius 3 is 2.32 bits per heavy atom. The molecule has 0 bridgehead atoms. The van der Waals surface area contributed by atoms with Gasteiger partial charge in [-0.05, 0) is 37.0 Å². The van der Waals surface area contributed by atoms with Gasteiger partial charge in [-0.1, -0.05) is 36.8 Å². The maximum Gasteiger partial charge on any atom is 0.271 e. The van der Waals surface area contributed by atoms with E-state index < -0.39 is 0 Å². The van der Waals surface area contributed by atoms with Crippen LogP contribution in [0.2, 0.25) is 0 Å². The third-order valence-corrected chi connectivity index (χ3v) is 3.54. The van der Waals surface area contributed by atoms with Crippen LogP contribution < -0.4 is 11.3 Å². The zero-order valence-corrected chi connectivity index (χ0v) is 11.7.